The Hall–Kier alpha value is -1.51. The Balaban J connectivity index is 2.11. The summed E-state index contributed by atoms with van der Waals surface area (Å²) in [6.07, 6.45) is 1.57. The number of nitrogens with one attached hydrogen (secondary N) is 1. The monoisotopic (exact) mass is 355 g/mol. The molecule has 7 nitrogen and oxygen atoms in total. The predicted molar refractivity (Wildman–Crippen MR) is 79.1 cm³/mol. The van der Waals surface area contributed by atoms with E-state index in [1.165, 1.54) is 4.57 Å². The zero-order chi connectivity index (χ0) is 15.1. The third-order valence-electron chi connectivity index (χ3n) is 3.64. The van der Waals surface area contributed by atoms with Gasteiger partial charge < -0.3 is 14.8 Å². The molecule has 0 aromatic carbocycles. The minimum Gasteiger partial charge on any atom is -0.394 e. The van der Waals surface area contributed by atoms with E-state index in [1.807, 2.05) is 6.92 Å². The number of H-pyrrole nitrogens is 1. The zero-order valence-corrected chi connectivity index (χ0v) is 12.8. The van der Waals surface area contributed by atoms with Gasteiger partial charge in [0.1, 0.15) is 11.9 Å². The van der Waals surface area contributed by atoms with Crippen LogP contribution in [0.25, 0.3) is 11.0 Å². The van der Waals surface area contributed by atoms with Gasteiger partial charge in [0, 0.05) is 17.5 Å². The number of pyridine rings is 1. The van der Waals surface area contributed by atoms with Gasteiger partial charge in [-0.1, -0.05) is 6.92 Å². The van der Waals surface area contributed by atoms with Crippen LogP contribution >= 0.6 is 15.9 Å². The molecule has 0 saturated carbocycles. The van der Waals surface area contributed by atoms with E-state index in [0.29, 0.717) is 16.3 Å². The fourth-order valence-corrected chi connectivity index (χ4v) is 2.96. The standard InChI is InChI=1S/C13H14BrN3O4/c1-6-2-8(5-18)21-12(6)17-4-7-3-9(14)11(19)15-10(7)16-13(17)20/h3-4,6,8,12,18H,2,5H2,1H3,(H,15,16,19,20)/t6-,8-,12+/m0/s1. The molecular weight excluding hydrogens is 342 g/mol. The van der Waals surface area contributed by atoms with E-state index in [1.54, 1.807) is 12.3 Å². The van der Waals surface area contributed by atoms with Gasteiger partial charge >= 0.3 is 5.69 Å². The molecule has 3 rings (SSSR count). The molecule has 0 unspecified atom stereocenters. The highest BCUT2D eigenvalue weighted by Crippen LogP contribution is 2.33. The molecule has 0 amide bonds. The minimum absolute atomic E-state index is 0.0739. The topological polar surface area (TPSA) is 97.2 Å². The number of hydrogen-bond acceptors (Lipinski definition) is 5. The van der Waals surface area contributed by atoms with E-state index in [4.69, 9.17) is 4.74 Å². The second kappa shape index (κ2) is 5.36. The van der Waals surface area contributed by atoms with Gasteiger partial charge in [-0.25, -0.2) is 4.79 Å². The number of nitrogens with zero attached hydrogens (tertiary/aromatic N) is 2. The molecule has 3 atom stereocenters. The quantitative estimate of drug-likeness (QED) is 0.828. The van der Waals surface area contributed by atoms with Crippen LogP contribution in [-0.4, -0.2) is 32.4 Å². The molecular formula is C13H14BrN3O4. The minimum atomic E-state index is -0.490. The van der Waals surface area contributed by atoms with E-state index in [-0.39, 0.29) is 29.8 Å². The lowest BCUT2D eigenvalue weighted by atomic mass is 10.1. The lowest BCUT2D eigenvalue weighted by molar-refractivity contribution is -0.0333. The molecule has 0 radical (unpaired) electrons. The lowest BCUT2D eigenvalue weighted by Crippen LogP contribution is -2.30. The van der Waals surface area contributed by atoms with E-state index < -0.39 is 11.9 Å². The maximum absolute atomic E-state index is 12.1. The lowest BCUT2D eigenvalue weighted by Gasteiger charge is -2.18. The van der Waals surface area contributed by atoms with Crippen LogP contribution in [0.15, 0.2) is 26.3 Å². The number of aromatic amines is 1. The number of rotatable bonds is 2. The first-order chi connectivity index (χ1) is 9.99. The highest BCUT2D eigenvalue weighted by atomic mass is 79.9. The number of ether oxygens (including phenoxy) is 1. The maximum Gasteiger partial charge on any atom is 0.351 e. The van der Waals surface area contributed by atoms with Crippen molar-refractivity contribution in [2.45, 2.75) is 25.7 Å². The average Bonchev–Trinajstić information content (AvgIpc) is 2.81. The molecule has 1 fully saturated rings. The van der Waals surface area contributed by atoms with E-state index in [0.717, 1.165) is 0 Å². The van der Waals surface area contributed by atoms with Gasteiger partial charge in [-0.15, -0.1) is 0 Å². The third kappa shape index (κ3) is 2.54. The predicted octanol–water partition coefficient (Wildman–Crippen LogP) is 0.763. The van der Waals surface area contributed by atoms with Crippen molar-refractivity contribution in [2.75, 3.05) is 6.61 Å². The molecule has 8 heteroatoms. The molecule has 2 aromatic heterocycles. The van der Waals surface area contributed by atoms with Crippen LogP contribution in [0, 0.1) is 5.92 Å². The number of fused-ring (bicyclic) bond motifs is 1. The summed E-state index contributed by atoms with van der Waals surface area (Å²) < 4.78 is 7.46. The number of halogens is 1. The molecule has 2 aromatic rings. The van der Waals surface area contributed by atoms with Gasteiger partial charge in [0.25, 0.3) is 5.56 Å². The Morgan fingerprint density at radius 1 is 1.57 bits per heavy atom. The summed E-state index contributed by atoms with van der Waals surface area (Å²) in [5, 5.41) is 9.81. The van der Waals surface area contributed by atoms with E-state index in [2.05, 4.69) is 25.9 Å². The molecule has 0 spiro atoms. The number of aliphatic hydroxyl groups excluding tert-OH is 1. The molecule has 2 N–H and O–H groups in total. The van der Waals surface area contributed by atoms with Crippen molar-refractivity contribution in [3.63, 3.8) is 0 Å². The zero-order valence-electron chi connectivity index (χ0n) is 11.2. The fraction of sp³-hybridized carbons (Fsp3) is 0.462. The Morgan fingerprint density at radius 3 is 3.00 bits per heavy atom. The first-order valence-corrected chi connectivity index (χ1v) is 7.37. The summed E-state index contributed by atoms with van der Waals surface area (Å²) in [5.41, 5.74) is -0.581. The maximum atomic E-state index is 12.1. The second-order valence-corrected chi connectivity index (χ2v) is 6.08. The molecule has 1 saturated heterocycles. The SMILES string of the molecule is C[C@H]1C[C@@H](CO)O[C@H]1n1cc2cc(Br)c(=O)[nH]c2nc1=O. The van der Waals surface area contributed by atoms with Crippen molar-refractivity contribution in [3.05, 3.63) is 37.6 Å². The van der Waals surface area contributed by atoms with Gasteiger partial charge in [0.2, 0.25) is 0 Å². The molecule has 0 bridgehead atoms. The average molecular weight is 356 g/mol. The normalized spacial score (nSPS) is 25.6. The molecule has 3 heterocycles. The van der Waals surface area contributed by atoms with Crippen molar-refractivity contribution in [1.29, 1.82) is 0 Å². The number of aliphatic hydroxyl groups is 1. The molecule has 0 aliphatic carbocycles. The van der Waals surface area contributed by atoms with Crippen LogP contribution in [-0.2, 0) is 4.74 Å². The van der Waals surface area contributed by atoms with Crippen molar-refractivity contribution < 1.29 is 9.84 Å². The first-order valence-electron chi connectivity index (χ1n) is 6.57. The van der Waals surface area contributed by atoms with Crippen LogP contribution in [0.1, 0.15) is 19.6 Å². The largest absolute Gasteiger partial charge is 0.394 e. The molecule has 1 aliphatic heterocycles. The van der Waals surface area contributed by atoms with Crippen LogP contribution in [0.4, 0.5) is 0 Å². The van der Waals surface area contributed by atoms with Gasteiger partial charge in [-0.3, -0.25) is 9.36 Å². The molecule has 1 aliphatic rings. The van der Waals surface area contributed by atoms with Crippen LogP contribution < -0.4 is 11.2 Å². The fourth-order valence-electron chi connectivity index (χ4n) is 2.62. The summed E-state index contributed by atoms with van der Waals surface area (Å²) in [6.45, 7) is 1.88. The smallest absolute Gasteiger partial charge is 0.351 e. The summed E-state index contributed by atoms with van der Waals surface area (Å²) in [6, 6.07) is 1.61. The first kappa shape index (κ1) is 14.4. The van der Waals surface area contributed by atoms with Crippen molar-refractivity contribution in [1.82, 2.24) is 14.5 Å². The summed E-state index contributed by atoms with van der Waals surface area (Å²) in [5.74, 6) is 0.0882. The second-order valence-electron chi connectivity index (χ2n) is 5.23. The van der Waals surface area contributed by atoms with Crippen molar-refractivity contribution in [2.24, 2.45) is 5.92 Å². The Bertz CT molecular complexity index is 800. The van der Waals surface area contributed by atoms with E-state index in [9.17, 15) is 14.7 Å². The van der Waals surface area contributed by atoms with Crippen LogP contribution in [0.3, 0.4) is 0 Å². The molecule has 112 valence electrons. The number of hydrogen-bond donors (Lipinski definition) is 2. The Morgan fingerprint density at radius 2 is 2.33 bits per heavy atom. The van der Waals surface area contributed by atoms with Crippen LogP contribution in [0.2, 0.25) is 0 Å². The number of aromatic nitrogens is 3. The van der Waals surface area contributed by atoms with Gasteiger partial charge in [0.05, 0.1) is 17.2 Å². The Kier molecular flexibility index (Phi) is 3.68. The van der Waals surface area contributed by atoms with E-state index >= 15 is 0 Å². The molecule has 21 heavy (non-hydrogen) atoms. The van der Waals surface area contributed by atoms with Crippen LogP contribution in [0.5, 0.6) is 0 Å². The van der Waals surface area contributed by atoms with Gasteiger partial charge in [-0.2, -0.15) is 4.98 Å². The van der Waals surface area contributed by atoms with Crippen molar-refractivity contribution in [3.8, 4) is 0 Å². The van der Waals surface area contributed by atoms with Gasteiger partial charge in [-0.05, 0) is 28.4 Å². The summed E-state index contributed by atoms with van der Waals surface area (Å²) >= 11 is 3.15. The highest BCUT2D eigenvalue weighted by molar-refractivity contribution is 9.10. The Labute approximate surface area is 127 Å². The van der Waals surface area contributed by atoms with Crippen molar-refractivity contribution >= 4 is 27.0 Å². The third-order valence-corrected chi connectivity index (χ3v) is 4.23. The summed E-state index contributed by atoms with van der Waals surface area (Å²) in [7, 11) is 0. The highest BCUT2D eigenvalue weighted by Gasteiger charge is 2.33. The van der Waals surface area contributed by atoms with Gasteiger partial charge in [0.15, 0.2) is 0 Å². The summed E-state index contributed by atoms with van der Waals surface area (Å²) in [4.78, 5) is 30.1.